The van der Waals surface area contributed by atoms with Crippen molar-refractivity contribution in [2.75, 3.05) is 5.32 Å². The first-order chi connectivity index (χ1) is 9.49. The van der Waals surface area contributed by atoms with Gasteiger partial charge in [0.2, 0.25) is 5.91 Å². The van der Waals surface area contributed by atoms with Crippen molar-refractivity contribution < 1.29 is 19.1 Å². The summed E-state index contributed by atoms with van der Waals surface area (Å²) in [5.41, 5.74) is -0.0222. The molecule has 1 amide bonds. The van der Waals surface area contributed by atoms with Gasteiger partial charge in [-0.3, -0.25) is 4.79 Å². The lowest BCUT2D eigenvalue weighted by molar-refractivity contribution is -0.313. The van der Waals surface area contributed by atoms with Crippen LogP contribution < -0.4 is 10.4 Å². The molecule has 106 valence electrons. The van der Waals surface area contributed by atoms with Crippen LogP contribution >= 0.6 is 11.6 Å². The minimum atomic E-state index is -1.27. The van der Waals surface area contributed by atoms with Crippen LogP contribution in [0.4, 0.5) is 10.1 Å². The molecule has 2 rings (SSSR count). The average molecular weight is 297 g/mol. The number of aliphatic carboxylic acids is 1. The van der Waals surface area contributed by atoms with Crippen molar-refractivity contribution in [2.24, 2.45) is 11.8 Å². The fourth-order valence-electron chi connectivity index (χ4n) is 2.18. The van der Waals surface area contributed by atoms with Crippen LogP contribution in [0.5, 0.6) is 0 Å². The van der Waals surface area contributed by atoms with Crippen molar-refractivity contribution in [3.8, 4) is 0 Å². The molecule has 1 aliphatic carbocycles. The van der Waals surface area contributed by atoms with Crippen molar-refractivity contribution in [1.29, 1.82) is 0 Å². The number of benzene rings is 1. The van der Waals surface area contributed by atoms with Crippen LogP contribution in [0, 0.1) is 17.7 Å². The van der Waals surface area contributed by atoms with Gasteiger partial charge in [-0.2, -0.15) is 0 Å². The minimum absolute atomic E-state index is 0.0222. The fraction of sp³-hybridized carbons (Fsp3) is 0.286. The van der Waals surface area contributed by atoms with Gasteiger partial charge in [-0.05, 0) is 31.0 Å². The predicted octanol–water partition coefficient (Wildman–Crippen LogP) is 1.75. The standard InChI is InChI=1S/C14H13ClFNO3/c15-8-5-6-12(11(16)7-8)17-13(18)9-3-1-2-4-10(9)14(19)20/h1-2,5-7,9-10H,3-4H2,(H,17,18)(H,19,20)/p-1/t9-,10-/m0/s1. The zero-order valence-corrected chi connectivity index (χ0v) is 11.2. The van der Waals surface area contributed by atoms with E-state index in [0.717, 1.165) is 6.07 Å². The fourth-order valence-corrected chi connectivity index (χ4v) is 2.34. The number of hydrogen-bond acceptors (Lipinski definition) is 3. The second-order valence-corrected chi connectivity index (χ2v) is 5.02. The highest BCUT2D eigenvalue weighted by molar-refractivity contribution is 6.30. The number of carboxylic acid groups (broad SMARTS) is 1. The Morgan fingerprint density at radius 2 is 1.90 bits per heavy atom. The Hall–Kier alpha value is -1.88. The first-order valence-corrected chi connectivity index (χ1v) is 6.48. The van der Waals surface area contributed by atoms with Gasteiger partial charge >= 0.3 is 0 Å². The summed E-state index contributed by atoms with van der Waals surface area (Å²) in [5, 5.41) is 13.6. The molecule has 20 heavy (non-hydrogen) atoms. The number of nitrogens with one attached hydrogen (secondary N) is 1. The summed E-state index contributed by atoms with van der Waals surface area (Å²) in [4.78, 5) is 23.1. The third kappa shape index (κ3) is 3.17. The van der Waals surface area contributed by atoms with Crippen LogP contribution in [0.1, 0.15) is 12.8 Å². The molecule has 6 heteroatoms. The van der Waals surface area contributed by atoms with Crippen LogP contribution in [0.15, 0.2) is 30.4 Å². The van der Waals surface area contributed by atoms with Crippen molar-refractivity contribution >= 4 is 29.2 Å². The highest BCUT2D eigenvalue weighted by Gasteiger charge is 2.30. The van der Waals surface area contributed by atoms with Crippen LogP contribution in [-0.2, 0) is 9.59 Å². The topological polar surface area (TPSA) is 69.2 Å². The maximum absolute atomic E-state index is 13.6. The number of carbonyl (C=O) groups excluding carboxylic acids is 2. The average Bonchev–Trinajstić information content (AvgIpc) is 2.41. The van der Waals surface area contributed by atoms with Crippen molar-refractivity contribution in [3.05, 3.63) is 41.2 Å². The number of hydrogen-bond donors (Lipinski definition) is 1. The molecular formula is C14H12ClFNO3-. The van der Waals surface area contributed by atoms with Gasteiger partial charge in [0.15, 0.2) is 0 Å². The monoisotopic (exact) mass is 296 g/mol. The predicted molar refractivity (Wildman–Crippen MR) is 70.4 cm³/mol. The molecule has 0 saturated heterocycles. The summed E-state index contributed by atoms with van der Waals surface area (Å²) in [7, 11) is 0. The molecule has 0 aliphatic heterocycles. The van der Waals surface area contributed by atoms with E-state index in [1.165, 1.54) is 12.1 Å². The summed E-state index contributed by atoms with van der Waals surface area (Å²) < 4.78 is 13.6. The van der Waals surface area contributed by atoms with E-state index in [9.17, 15) is 19.1 Å². The van der Waals surface area contributed by atoms with Crippen molar-refractivity contribution in [1.82, 2.24) is 0 Å². The molecule has 0 heterocycles. The first-order valence-electron chi connectivity index (χ1n) is 6.11. The Balaban J connectivity index is 2.14. The quantitative estimate of drug-likeness (QED) is 0.864. The number of amides is 1. The summed E-state index contributed by atoms with van der Waals surface area (Å²) in [6.45, 7) is 0. The van der Waals surface area contributed by atoms with Gasteiger partial charge in [0.1, 0.15) is 5.82 Å². The molecule has 0 aromatic heterocycles. The molecule has 4 nitrogen and oxygen atoms in total. The van der Waals surface area contributed by atoms with Crippen molar-refractivity contribution in [2.45, 2.75) is 12.8 Å². The van der Waals surface area contributed by atoms with Gasteiger partial charge in [-0.25, -0.2) is 4.39 Å². The lowest BCUT2D eigenvalue weighted by atomic mass is 9.82. The number of allylic oxidation sites excluding steroid dienone is 2. The third-order valence-electron chi connectivity index (χ3n) is 3.26. The van der Waals surface area contributed by atoms with Gasteiger partial charge < -0.3 is 15.2 Å². The molecule has 0 spiro atoms. The zero-order chi connectivity index (χ0) is 14.7. The Bertz CT molecular complexity index is 574. The molecule has 0 saturated carbocycles. The van der Waals surface area contributed by atoms with Gasteiger partial charge in [0.05, 0.1) is 11.6 Å². The van der Waals surface area contributed by atoms with E-state index in [2.05, 4.69) is 5.32 Å². The summed E-state index contributed by atoms with van der Waals surface area (Å²) in [6, 6.07) is 3.85. The third-order valence-corrected chi connectivity index (χ3v) is 3.50. The first kappa shape index (κ1) is 14.5. The Morgan fingerprint density at radius 1 is 1.25 bits per heavy atom. The maximum Gasteiger partial charge on any atom is 0.228 e. The second-order valence-electron chi connectivity index (χ2n) is 4.59. The molecule has 0 bridgehead atoms. The van der Waals surface area contributed by atoms with Crippen molar-refractivity contribution in [3.63, 3.8) is 0 Å². The van der Waals surface area contributed by atoms with E-state index in [4.69, 9.17) is 11.6 Å². The van der Waals surface area contributed by atoms with Crippen LogP contribution in [-0.4, -0.2) is 11.9 Å². The zero-order valence-electron chi connectivity index (χ0n) is 10.4. The van der Waals surface area contributed by atoms with E-state index in [-0.39, 0.29) is 17.1 Å². The van der Waals surface area contributed by atoms with Crippen LogP contribution in [0.25, 0.3) is 0 Å². The molecule has 0 fully saturated rings. The molecule has 1 aromatic carbocycles. The molecule has 1 N–H and O–H groups in total. The second kappa shape index (κ2) is 6.05. The van der Waals surface area contributed by atoms with E-state index in [1.54, 1.807) is 12.2 Å². The molecule has 1 aliphatic rings. The molecular weight excluding hydrogens is 285 g/mol. The largest absolute Gasteiger partial charge is 0.550 e. The van der Waals surface area contributed by atoms with E-state index < -0.39 is 29.5 Å². The maximum atomic E-state index is 13.6. The lowest BCUT2D eigenvalue weighted by Gasteiger charge is -2.28. The SMILES string of the molecule is O=C([O-])[C@H]1CC=CC[C@@H]1C(=O)Nc1ccc(Cl)cc1F. The Labute approximate surface area is 120 Å². The number of rotatable bonds is 3. The number of anilines is 1. The Morgan fingerprint density at radius 3 is 2.50 bits per heavy atom. The summed E-state index contributed by atoms with van der Waals surface area (Å²) in [5.74, 6) is -4.13. The Kier molecular flexibility index (Phi) is 4.39. The smallest absolute Gasteiger partial charge is 0.228 e. The van der Waals surface area contributed by atoms with Crippen LogP contribution in [0.3, 0.4) is 0 Å². The summed E-state index contributed by atoms with van der Waals surface area (Å²) in [6.07, 6.45) is 3.97. The number of halogens is 2. The normalized spacial score (nSPS) is 21.5. The van der Waals surface area contributed by atoms with Gasteiger partial charge in [0.25, 0.3) is 0 Å². The van der Waals surface area contributed by atoms with E-state index in [0.29, 0.717) is 6.42 Å². The van der Waals surface area contributed by atoms with Crippen LogP contribution in [0.2, 0.25) is 5.02 Å². The minimum Gasteiger partial charge on any atom is -0.550 e. The molecule has 0 unspecified atom stereocenters. The lowest BCUT2D eigenvalue weighted by Crippen LogP contribution is -2.41. The molecule has 0 radical (unpaired) electrons. The van der Waals surface area contributed by atoms with E-state index in [1.807, 2.05) is 0 Å². The highest BCUT2D eigenvalue weighted by atomic mass is 35.5. The molecule has 2 atom stereocenters. The highest BCUT2D eigenvalue weighted by Crippen LogP contribution is 2.27. The number of carbonyl (C=O) groups is 2. The van der Waals surface area contributed by atoms with Gasteiger partial charge in [0, 0.05) is 16.9 Å². The van der Waals surface area contributed by atoms with E-state index >= 15 is 0 Å². The number of carboxylic acids is 1. The van der Waals surface area contributed by atoms with Gasteiger partial charge in [-0.15, -0.1) is 0 Å². The summed E-state index contributed by atoms with van der Waals surface area (Å²) >= 11 is 5.62. The molecule has 1 aromatic rings. The van der Waals surface area contributed by atoms with Gasteiger partial charge in [-0.1, -0.05) is 23.8 Å².